The van der Waals surface area contributed by atoms with Gasteiger partial charge in [-0.1, -0.05) is 25.1 Å². The Morgan fingerprint density at radius 3 is 2.84 bits per heavy atom. The Labute approximate surface area is 148 Å². The highest BCUT2D eigenvalue weighted by atomic mass is 16.5. The molecule has 0 unspecified atom stereocenters. The first-order valence-corrected chi connectivity index (χ1v) is 8.74. The van der Waals surface area contributed by atoms with E-state index >= 15 is 0 Å². The molecule has 6 heteroatoms. The fourth-order valence-corrected chi connectivity index (χ4v) is 3.19. The van der Waals surface area contributed by atoms with Crippen molar-refractivity contribution in [2.24, 2.45) is 5.92 Å². The molecule has 0 bridgehead atoms. The second-order valence-electron chi connectivity index (χ2n) is 6.66. The van der Waals surface area contributed by atoms with Crippen molar-refractivity contribution in [1.82, 2.24) is 20.0 Å². The van der Waals surface area contributed by atoms with Crippen LogP contribution in [-0.2, 0) is 11.3 Å². The van der Waals surface area contributed by atoms with Gasteiger partial charge in [0.05, 0.1) is 17.5 Å². The molecule has 0 spiro atoms. The number of likely N-dealkylation sites (tertiary alicyclic amines) is 1. The van der Waals surface area contributed by atoms with Crippen molar-refractivity contribution in [2.75, 3.05) is 20.2 Å². The molecular formula is C19H26N4O2. The minimum absolute atomic E-state index is 0.0409. The van der Waals surface area contributed by atoms with Crippen LogP contribution in [0.15, 0.2) is 36.5 Å². The Balaban J connectivity index is 1.60. The Kier molecular flexibility index (Phi) is 5.38. The van der Waals surface area contributed by atoms with Crippen LogP contribution in [0.4, 0.5) is 4.79 Å². The van der Waals surface area contributed by atoms with Crippen LogP contribution in [0.3, 0.4) is 0 Å². The molecule has 2 atom stereocenters. The number of benzene rings is 1. The largest absolute Gasteiger partial charge is 0.379 e. The summed E-state index contributed by atoms with van der Waals surface area (Å²) in [6.07, 6.45) is 3.06. The van der Waals surface area contributed by atoms with E-state index in [9.17, 15) is 4.79 Å². The van der Waals surface area contributed by atoms with E-state index in [2.05, 4.69) is 17.3 Å². The second kappa shape index (κ2) is 7.70. The Morgan fingerprint density at radius 2 is 2.12 bits per heavy atom. The Morgan fingerprint density at radius 1 is 1.36 bits per heavy atom. The monoisotopic (exact) mass is 342 g/mol. The summed E-state index contributed by atoms with van der Waals surface area (Å²) in [6.45, 7) is 6.03. The fraction of sp³-hybridized carbons (Fsp3) is 0.474. The van der Waals surface area contributed by atoms with Crippen LogP contribution in [0.2, 0.25) is 0 Å². The van der Waals surface area contributed by atoms with Gasteiger partial charge in [-0.2, -0.15) is 5.10 Å². The standard InChI is InChI=1S/C19H26N4O2/c1-14-9-10-22(13-18(14)25-3)19(24)20-11-16-12-23(21-15(16)2)17-7-5-4-6-8-17/h4-8,12,14,18H,9-11,13H2,1-3H3,(H,20,24)/t14-,18+/m1/s1. The van der Waals surface area contributed by atoms with E-state index in [0.29, 0.717) is 19.0 Å². The number of rotatable bonds is 4. The van der Waals surface area contributed by atoms with Crippen molar-refractivity contribution in [3.63, 3.8) is 0 Å². The van der Waals surface area contributed by atoms with Crippen LogP contribution in [-0.4, -0.2) is 47.0 Å². The highest BCUT2D eigenvalue weighted by molar-refractivity contribution is 5.74. The third-order valence-electron chi connectivity index (χ3n) is 4.93. The molecule has 3 rings (SSSR count). The zero-order chi connectivity index (χ0) is 17.8. The number of para-hydroxylation sites is 1. The van der Waals surface area contributed by atoms with Crippen LogP contribution in [0.5, 0.6) is 0 Å². The summed E-state index contributed by atoms with van der Waals surface area (Å²) in [5.41, 5.74) is 2.95. The molecule has 2 aromatic rings. The lowest BCUT2D eigenvalue weighted by Crippen LogP contribution is -2.50. The summed E-state index contributed by atoms with van der Waals surface area (Å²) in [4.78, 5) is 14.3. The number of aromatic nitrogens is 2. The number of nitrogens with zero attached hydrogens (tertiary/aromatic N) is 3. The summed E-state index contributed by atoms with van der Waals surface area (Å²) in [7, 11) is 1.71. The number of aryl methyl sites for hydroxylation is 1. The first-order chi connectivity index (χ1) is 12.1. The maximum Gasteiger partial charge on any atom is 0.317 e. The molecule has 0 radical (unpaired) electrons. The number of hydrogen-bond donors (Lipinski definition) is 1. The van der Waals surface area contributed by atoms with Gasteiger partial charge in [-0.3, -0.25) is 0 Å². The average molecular weight is 342 g/mol. The summed E-state index contributed by atoms with van der Waals surface area (Å²) >= 11 is 0. The molecule has 1 N–H and O–H groups in total. The number of piperidine rings is 1. The minimum atomic E-state index is -0.0409. The first-order valence-electron chi connectivity index (χ1n) is 8.74. The van der Waals surface area contributed by atoms with Crippen LogP contribution >= 0.6 is 0 Å². The fourth-order valence-electron chi connectivity index (χ4n) is 3.19. The van der Waals surface area contributed by atoms with Gasteiger partial charge in [0.2, 0.25) is 0 Å². The van der Waals surface area contributed by atoms with Gasteiger partial charge in [0.1, 0.15) is 0 Å². The highest BCUT2D eigenvalue weighted by Gasteiger charge is 2.28. The van der Waals surface area contributed by atoms with E-state index in [-0.39, 0.29) is 12.1 Å². The summed E-state index contributed by atoms with van der Waals surface area (Å²) < 4.78 is 7.33. The van der Waals surface area contributed by atoms with Crippen LogP contribution in [0, 0.1) is 12.8 Å². The van der Waals surface area contributed by atoms with Crippen LogP contribution in [0.25, 0.3) is 5.69 Å². The number of carbonyl (C=O) groups is 1. The SMILES string of the molecule is CO[C@H]1CN(C(=O)NCc2cn(-c3ccccc3)nc2C)CC[C@H]1C. The molecule has 0 saturated carbocycles. The number of hydrogen-bond acceptors (Lipinski definition) is 3. The maximum atomic E-state index is 12.5. The van der Waals surface area contributed by atoms with Crippen molar-refractivity contribution in [3.8, 4) is 5.69 Å². The van der Waals surface area contributed by atoms with Gasteiger partial charge in [-0.25, -0.2) is 9.48 Å². The number of carbonyl (C=O) groups excluding carboxylic acids is 1. The Hall–Kier alpha value is -2.34. The quantitative estimate of drug-likeness (QED) is 0.929. The lowest BCUT2D eigenvalue weighted by atomic mass is 9.96. The lowest BCUT2D eigenvalue weighted by molar-refractivity contribution is 0.00714. The molecule has 1 aromatic heterocycles. The van der Waals surface area contributed by atoms with Crippen molar-refractivity contribution in [1.29, 1.82) is 0 Å². The molecular weight excluding hydrogens is 316 g/mol. The third-order valence-corrected chi connectivity index (χ3v) is 4.93. The van der Waals surface area contributed by atoms with Gasteiger partial charge >= 0.3 is 6.03 Å². The Bertz CT molecular complexity index is 713. The summed E-state index contributed by atoms with van der Waals surface area (Å²) in [6, 6.07) is 9.92. The van der Waals surface area contributed by atoms with Crippen molar-refractivity contribution in [2.45, 2.75) is 32.9 Å². The normalized spacial score (nSPS) is 20.5. The van der Waals surface area contributed by atoms with Gasteiger partial charge in [0.15, 0.2) is 0 Å². The first kappa shape index (κ1) is 17.5. The van der Waals surface area contributed by atoms with Crippen molar-refractivity contribution in [3.05, 3.63) is 47.8 Å². The summed E-state index contributed by atoms with van der Waals surface area (Å²) in [5, 5.41) is 7.55. The average Bonchev–Trinajstić information content (AvgIpc) is 3.01. The van der Waals surface area contributed by atoms with E-state index in [1.54, 1.807) is 7.11 Å². The molecule has 2 amide bonds. The van der Waals surface area contributed by atoms with E-state index in [4.69, 9.17) is 4.74 Å². The van der Waals surface area contributed by atoms with Gasteiger partial charge in [-0.05, 0) is 31.4 Å². The molecule has 0 aliphatic carbocycles. The second-order valence-corrected chi connectivity index (χ2v) is 6.66. The van der Waals surface area contributed by atoms with Crippen LogP contribution in [0.1, 0.15) is 24.6 Å². The van der Waals surface area contributed by atoms with E-state index in [0.717, 1.165) is 29.9 Å². The van der Waals surface area contributed by atoms with Gasteiger partial charge in [0, 0.05) is 38.5 Å². The molecule has 1 aliphatic rings. The molecule has 2 heterocycles. The predicted octanol–water partition coefficient (Wildman–Crippen LogP) is 2.75. The van der Waals surface area contributed by atoms with Crippen molar-refractivity contribution < 1.29 is 9.53 Å². The number of amides is 2. The number of ether oxygens (including phenoxy) is 1. The number of urea groups is 1. The molecule has 25 heavy (non-hydrogen) atoms. The zero-order valence-corrected chi connectivity index (χ0v) is 15.1. The molecule has 6 nitrogen and oxygen atoms in total. The predicted molar refractivity (Wildman–Crippen MR) is 96.7 cm³/mol. The third kappa shape index (κ3) is 4.02. The lowest BCUT2D eigenvalue weighted by Gasteiger charge is -2.36. The number of nitrogens with one attached hydrogen (secondary N) is 1. The van der Waals surface area contributed by atoms with E-state index < -0.39 is 0 Å². The maximum absolute atomic E-state index is 12.5. The summed E-state index contributed by atoms with van der Waals surface area (Å²) in [5.74, 6) is 0.486. The smallest absolute Gasteiger partial charge is 0.317 e. The van der Waals surface area contributed by atoms with E-state index in [1.807, 2.05) is 53.0 Å². The highest BCUT2D eigenvalue weighted by Crippen LogP contribution is 2.19. The molecule has 1 aromatic carbocycles. The van der Waals surface area contributed by atoms with Crippen molar-refractivity contribution >= 4 is 6.03 Å². The molecule has 134 valence electrons. The zero-order valence-electron chi connectivity index (χ0n) is 15.1. The van der Waals surface area contributed by atoms with Gasteiger partial charge < -0.3 is 15.0 Å². The van der Waals surface area contributed by atoms with E-state index in [1.165, 1.54) is 0 Å². The molecule has 1 aliphatic heterocycles. The van der Waals surface area contributed by atoms with Gasteiger partial charge in [-0.15, -0.1) is 0 Å². The number of methoxy groups -OCH3 is 1. The van der Waals surface area contributed by atoms with Gasteiger partial charge in [0.25, 0.3) is 0 Å². The molecule has 1 fully saturated rings. The topological polar surface area (TPSA) is 59.4 Å². The van der Waals surface area contributed by atoms with Crippen LogP contribution < -0.4 is 5.32 Å². The molecule has 1 saturated heterocycles. The minimum Gasteiger partial charge on any atom is -0.379 e.